The first-order chi connectivity index (χ1) is 16.6. The summed E-state index contributed by atoms with van der Waals surface area (Å²) in [5, 5.41) is 3.31. The van der Waals surface area contributed by atoms with Crippen molar-refractivity contribution in [2.75, 3.05) is 44.8 Å². The van der Waals surface area contributed by atoms with E-state index in [1.165, 1.54) is 0 Å². The van der Waals surface area contributed by atoms with Crippen molar-refractivity contribution in [2.45, 2.75) is 38.3 Å². The van der Waals surface area contributed by atoms with Crippen LogP contribution >= 0.6 is 0 Å². The van der Waals surface area contributed by atoms with E-state index in [0.29, 0.717) is 43.3 Å². The van der Waals surface area contributed by atoms with Crippen molar-refractivity contribution in [2.24, 2.45) is 5.73 Å². The number of hydrogen-bond donors (Lipinski definition) is 2. The second kappa shape index (κ2) is 11.9. The standard InChI is InChI=1S/C25H33N5O4/c1-2-22-25(34-21-5-3-4-18(26)16-21)29-24(23(17-31)28-22)27-19-6-8-20(9-7-19)33-15-12-30-10-13-32-14-11-30/h3-6,8-9,17-19H,2,7,10-16,26H2,1H3,(H,27,29). The number of nitrogens with zero attached hydrogens (tertiary/aromatic N) is 3. The minimum atomic E-state index is -0.0886. The number of hydrogen-bond acceptors (Lipinski definition) is 9. The molecular formula is C25H33N5O4. The lowest BCUT2D eigenvalue weighted by Crippen LogP contribution is -2.38. The molecule has 182 valence electrons. The number of allylic oxidation sites excluding steroid dienone is 3. The Labute approximate surface area is 200 Å². The Balaban J connectivity index is 1.36. The van der Waals surface area contributed by atoms with Gasteiger partial charge in [0.25, 0.3) is 0 Å². The quantitative estimate of drug-likeness (QED) is 0.501. The summed E-state index contributed by atoms with van der Waals surface area (Å²) < 4.78 is 17.3. The molecule has 1 fully saturated rings. The summed E-state index contributed by atoms with van der Waals surface area (Å²) in [6.45, 7) is 6.96. The Morgan fingerprint density at radius 3 is 2.85 bits per heavy atom. The second-order valence-corrected chi connectivity index (χ2v) is 8.42. The highest BCUT2D eigenvalue weighted by atomic mass is 16.5. The smallest absolute Gasteiger partial charge is 0.242 e. The van der Waals surface area contributed by atoms with Crippen LogP contribution in [-0.4, -0.2) is 72.7 Å². The molecule has 9 nitrogen and oxygen atoms in total. The number of nitrogens with two attached hydrogens (primary N) is 1. The molecule has 2 unspecified atom stereocenters. The van der Waals surface area contributed by atoms with Gasteiger partial charge in [-0.2, -0.15) is 4.98 Å². The van der Waals surface area contributed by atoms with Crippen LogP contribution < -0.4 is 15.8 Å². The minimum absolute atomic E-state index is 0.0369. The van der Waals surface area contributed by atoms with E-state index in [-0.39, 0.29) is 17.8 Å². The van der Waals surface area contributed by atoms with E-state index in [2.05, 4.69) is 20.2 Å². The lowest BCUT2D eigenvalue weighted by Gasteiger charge is -2.26. The number of nitrogens with one attached hydrogen (secondary N) is 1. The van der Waals surface area contributed by atoms with Gasteiger partial charge in [-0.25, -0.2) is 4.98 Å². The number of carbonyl (C=O) groups excluding carboxylic acids is 1. The summed E-state index contributed by atoms with van der Waals surface area (Å²) in [5.74, 6) is 2.38. The van der Waals surface area contributed by atoms with E-state index in [0.717, 1.165) is 50.7 Å². The number of rotatable bonds is 10. The molecule has 9 heteroatoms. The summed E-state index contributed by atoms with van der Waals surface area (Å²) in [7, 11) is 0. The predicted molar refractivity (Wildman–Crippen MR) is 130 cm³/mol. The molecule has 3 N–H and O–H groups in total. The lowest BCUT2D eigenvalue weighted by molar-refractivity contribution is 0.0280. The Hall–Kier alpha value is -3.01. The van der Waals surface area contributed by atoms with Gasteiger partial charge in [-0.15, -0.1) is 0 Å². The second-order valence-electron chi connectivity index (χ2n) is 8.42. The van der Waals surface area contributed by atoms with Gasteiger partial charge in [0.05, 0.1) is 13.2 Å². The van der Waals surface area contributed by atoms with Gasteiger partial charge in [0, 0.05) is 38.1 Å². The molecular weight excluding hydrogens is 434 g/mol. The third-order valence-electron chi connectivity index (χ3n) is 5.88. The molecule has 1 aliphatic heterocycles. The fraction of sp³-hybridized carbons (Fsp3) is 0.480. The van der Waals surface area contributed by atoms with Crippen LogP contribution in [0.15, 0.2) is 48.0 Å². The summed E-state index contributed by atoms with van der Waals surface area (Å²) in [4.78, 5) is 23.1. The maximum Gasteiger partial charge on any atom is 0.242 e. The SMILES string of the molecule is CCc1nc(C=O)c(NC2C=CC(OCCN3CCOCC3)=CC2)nc1OC1=CC=CC(N)C1. The van der Waals surface area contributed by atoms with Crippen molar-refractivity contribution < 1.29 is 19.0 Å². The fourth-order valence-electron chi connectivity index (χ4n) is 3.95. The molecule has 3 aliphatic rings. The largest absolute Gasteiger partial charge is 0.493 e. The van der Waals surface area contributed by atoms with Gasteiger partial charge in [0.1, 0.15) is 29.5 Å². The average molecular weight is 468 g/mol. The molecule has 4 rings (SSSR count). The zero-order chi connectivity index (χ0) is 23.8. The van der Waals surface area contributed by atoms with Gasteiger partial charge >= 0.3 is 0 Å². The van der Waals surface area contributed by atoms with Gasteiger partial charge in [-0.3, -0.25) is 9.69 Å². The maximum atomic E-state index is 11.7. The first-order valence-electron chi connectivity index (χ1n) is 11.9. The van der Waals surface area contributed by atoms with E-state index >= 15 is 0 Å². The summed E-state index contributed by atoms with van der Waals surface area (Å²) in [6, 6.07) is -0.125. The summed E-state index contributed by atoms with van der Waals surface area (Å²) in [6.07, 6.45) is 14.3. The van der Waals surface area contributed by atoms with Gasteiger partial charge in [0.2, 0.25) is 5.88 Å². The molecule has 0 spiro atoms. The Morgan fingerprint density at radius 2 is 2.15 bits per heavy atom. The number of aromatic nitrogens is 2. The average Bonchev–Trinajstić information content (AvgIpc) is 2.86. The van der Waals surface area contributed by atoms with Crippen molar-refractivity contribution in [1.82, 2.24) is 14.9 Å². The van der Waals surface area contributed by atoms with E-state index in [1.54, 1.807) is 0 Å². The van der Waals surface area contributed by atoms with E-state index in [1.807, 2.05) is 43.4 Å². The first kappa shape index (κ1) is 24.1. The normalized spacial score (nSPS) is 22.6. The molecule has 0 aromatic carbocycles. The van der Waals surface area contributed by atoms with Crippen molar-refractivity contribution in [3.05, 3.63) is 59.4 Å². The van der Waals surface area contributed by atoms with Crippen molar-refractivity contribution >= 4 is 12.1 Å². The van der Waals surface area contributed by atoms with Gasteiger partial charge in [-0.1, -0.05) is 25.2 Å². The van der Waals surface area contributed by atoms with Crippen LogP contribution in [0.1, 0.15) is 35.9 Å². The highest BCUT2D eigenvalue weighted by molar-refractivity contribution is 5.80. The molecule has 0 saturated carbocycles. The van der Waals surface area contributed by atoms with Crippen LogP contribution in [0.5, 0.6) is 5.88 Å². The molecule has 0 radical (unpaired) electrons. The Kier molecular flexibility index (Phi) is 8.46. The van der Waals surface area contributed by atoms with Crippen molar-refractivity contribution in [3.63, 3.8) is 0 Å². The number of anilines is 1. The molecule has 0 bridgehead atoms. The highest BCUT2D eigenvalue weighted by Gasteiger charge is 2.19. The zero-order valence-electron chi connectivity index (χ0n) is 19.6. The van der Waals surface area contributed by atoms with Crippen LogP contribution in [0.25, 0.3) is 0 Å². The Bertz CT molecular complexity index is 982. The van der Waals surface area contributed by atoms with Crippen LogP contribution in [0.4, 0.5) is 5.82 Å². The topological polar surface area (TPSA) is 112 Å². The minimum Gasteiger partial charge on any atom is -0.493 e. The zero-order valence-corrected chi connectivity index (χ0v) is 19.6. The summed E-state index contributed by atoms with van der Waals surface area (Å²) in [5.41, 5.74) is 6.89. The van der Waals surface area contributed by atoms with E-state index in [9.17, 15) is 4.79 Å². The third kappa shape index (κ3) is 6.53. The van der Waals surface area contributed by atoms with Crippen LogP contribution in [0.2, 0.25) is 0 Å². The summed E-state index contributed by atoms with van der Waals surface area (Å²) >= 11 is 0. The molecule has 1 aromatic heterocycles. The maximum absolute atomic E-state index is 11.7. The first-order valence-corrected chi connectivity index (χ1v) is 11.9. The number of ether oxygens (including phenoxy) is 3. The highest BCUT2D eigenvalue weighted by Crippen LogP contribution is 2.25. The molecule has 2 heterocycles. The lowest BCUT2D eigenvalue weighted by atomic mass is 10.1. The van der Waals surface area contributed by atoms with Crippen molar-refractivity contribution in [3.8, 4) is 5.88 Å². The number of carbonyl (C=O) groups is 1. The van der Waals surface area contributed by atoms with Crippen LogP contribution in [0, 0.1) is 0 Å². The molecule has 2 aliphatic carbocycles. The van der Waals surface area contributed by atoms with Crippen molar-refractivity contribution in [1.29, 1.82) is 0 Å². The number of aldehydes is 1. The van der Waals surface area contributed by atoms with Gasteiger partial charge < -0.3 is 25.3 Å². The van der Waals surface area contributed by atoms with Gasteiger partial charge in [-0.05, 0) is 31.1 Å². The molecule has 2 atom stereocenters. The molecule has 34 heavy (non-hydrogen) atoms. The van der Waals surface area contributed by atoms with E-state index in [4.69, 9.17) is 19.9 Å². The molecule has 1 saturated heterocycles. The third-order valence-corrected chi connectivity index (χ3v) is 5.88. The van der Waals surface area contributed by atoms with Gasteiger partial charge in [0.15, 0.2) is 12.1 Å². The van der Waals surface area contributed by atoms with Crippen LogP contribution in [-0.2, 0) is 15.9 Å². The monoisotopic (exact) mass is 467 g/mol. The Morgan fingerprint density at radius 1 is 1.29 bits per heavy atom. The van der Waals surface area contributed by atoms with Crippen LogP contribution in [0.3, 0.4) is 0 Å². The molecule has 0 amide bonds. The number of aryl methyl sites for hydroxylation is 1. The van der Waals surface area contributed by atoms with E-state index < -0.39 is 0 Å². The molecule has 1 aromatic rings. The predicted octanol–water partition coefficient (Wildman–Crippen LogP) is 2.37. The number of morpholine rings is 1. The fourth-order valence-corrected chi connectivity index (χ4v) is 3.95.